The summed E-state index contributed by atoms with van der Waals surface area (Å²) in [5.41, 5.74) is 0.156. The quantitative estimate of drug-likeness (QED) is 0.892. The van der Waals surface area contributed by atoms with Gasteiger partial charge in [-0.05, 0) is 30.3 Å². The van der Waals surface area contributed by atoms with Gasteiger partial charge in [0.15, 0.2) is 0 Å². The third-order valence-corrected chi connectivity index (χ3v) is 3.35. The van der Waals surface area contributed by atoms with Crippen molar-refractivity contribution in [1.29, 1.82) is 0 Å². The number of amides is 1. The Hall–Kier alpha value is -2.11. The Morgan fingerprint density at radius 3 is 2.43 bits per heavy atom. The minimum Gasteiger partial charge on any atom is -0.478 e. The second-order valence-corrected chi connectivity index (χ2v) is 4.84. The molecule has 0 aliphatic heterocycles. The number of carboxylic acid groups (broad SMARTS) is 1. The number of rotatable bonds is 3. The highest BCUT2D eigenvalue weighted by Crippen LogP contribution is 2.24. The van der Waals surface area contributed by atoms with E-state index in [9.17, 15) is 14.0 Å². The highest BCUT2D eigenvalue weighted by Gasteiger charge is 2.15. The first-order valence-corrected chi connectivity index (χ1v) is 6.44. The van der Waals surface area contributed by atoms with E-state index in [0.29, 0.717) is 0 Å². The van der Waals surface area contributed by atoms with Gasteiger partial charge in [0.25, 0.3) is 5.91 Å². The van der Waals surface area contributed by atoms with Crippen molar-refractivity contribution in [2.24, 2.45) is 0 Å². The van der Waals surface area contributed by atoms with Crippen LogP contribution in [0.1, 0.15) is 20.7 Å². The van der Waals surface area contributed by atoms with E-state index >= 15 is 0 Å². The molecule has 2 N–H and O–H groups in total. The van der Waals surface area contributed by atoms with Crippen LogP contribution in [0.2, 0.25) is 10.0 Å². The molecule has 0 bridgehead atoms. The van der Waals surface area contributed by atoms with Crippen molar-refractivity contribution < 1.29 is 19.1 Å². The van der Waals surface area contributed by atoms with Gasteiger partial charge in [-0.2, -0.15) is 0 Å². The van der Waals surface area contributed by atoms with Gasteiger partial charge in [0.1, 0.15) is 5.82 Å². The molecule has 0 radical (unpaired) electrons. The van der Waals surface area contributed by atoms with Crippen molar-refractivity contribution >= 4 is 40.8 Å². The molecule has 0 saturated heterocycles. The number of aromatic carboxylic acids is 1. The molecule has 0 aliphatic carbocycles. The summed E-state index contributed by atoms with van der Waals surface area (Å²) in [5, 5.41) is 11.0. The summed E-state index contributed by atoms with van der Waals surface area (Å²) in [6.07, 6.45) is 0. The van der Waals surface area contributed by atoms with Crippen LogP contribution in [0.5, 0.6) is 0 Å². The first-order chi connectivity index (χ1) is 9.90. The maximum absolute atomic E-state index is 13.3. The topological polar surface area (TPSA) is 66.4 Å². The van der Waals surface area contributed by atoms with Gasteiger partial charge in [-0.1, -0.05) is 29.3 Å². The average molecular weight is 328 g/mol. The normalized spacial score (nSPS) is 10.2. The van der Waals surface area contributed by atoms with Crippen molar-refractivity contribution in [3.63, 3.8) is 0 Å². The molecule has 2 aromatic carbocycles. The zero-order valence-electron chi connectivity index (χ0n) is 10.4. The fraction of sp³-hybridized carbons (Fsp3) is 0. The number of halogens is 3. The molecular formula is C14H8Cl2FNO3. The van der Waals surface area contributed by atoms with Crippen molar-refractivity contribution in [2.45, 2.75) is 0 Å². The number of carbonyl (C=O) groups is 2. The minimum atomic E-state index is -1.17. The Labute approximate surface area is 129 Å². The summed E-state index contributed by atoms with van der Waals surface area (Å²) in [6.45, 7) is 0. The second kappa shape index (κ2) is 6.11. The number of carbonyl (C=O) groups excluding carboxylic acids is 1. The molecule has 21 heavy (non-hydrogen) atoms. The number of nitrogens with one attached hydrogen (secondary N) is 1. The second-order valence-electron chi connectivity index (χ2n) is 4.06. The number of hydrogen-bond donors (Lipinski definition) is 2. The van der Waals surface area contributed by atoms with E-state index in [-0.39, 0.29) is 26.9 Å². The zero-order valence-corrected chi connectivity index (χ0v) is 11.9. The summed E-state index contributed by atoms with van der Waals surface area (Å²) >= 11 is 11.5. The lowest BCUT2D eigenvalue weighted by atomic mass is 10.1. The van der Waals surface area contributed by atoms with Gasteiger partial charge in [0.2, 0.25) is 0 Å². The van der Waals surface area contributed by atoms with Gasteiger partial charge >= 0.3 is 5.97 Å². The summed E-state index contributed by atoms with van der Waals surface area (Å²) in [5.74, 6) is -2.51. The molecule has 7 heteroatoms. The molecular weight excluding hydrogens is 320 g/mol. The van der Waals surface area contributed by atoms with Crippen LogP contribution < -0.4 is 5.32 Å². The first kappa shape index (κ1) is 15.3. The van der Waals surface area contributed by atoms with Crippen molar-refractivity contribution in [1.82, 2.24) is 0 Å². The first-order valence-electron chi connectivity index (χ1n) is 5.68. The molecule has 0 heterocycles. The van der Waals surface area contributed by atoms with Crippen LogP contribution in [0.15, 0.2) is 36.4 Å². The van der Waals surface area contributed by atoms with Crippen molar-refractivity contribution in [2.75, 3.05) is 5.32 Å². The lowest BCUT2D eigenvalue weighted by Crippen LogP contribution is -2.13. The molecule has 108 valence electrons. The van der Waals surface area contributed by atoms with Crippen LogP contribution in [0, 0.1) is 5.82 Å². The molecule has 0 saturated carbocycles. The predicted molar refractivity (Wildman–Crippen MR) is 77.8 cm³/mol. The van der Waals surface area contributed by atoms with Gasteiger partial charge in [-0.25, -0.2) is 9.18 Å². The van der Waals surface area contributed by atoms with Crippen LogP contribution in [0.3, 0.4) is 0 Å². The Morgan fingerprint density at radius 1 is 1.10 bits per heavy atom. The molecule has 2 aromatic rings. The van der Waals surface area contributed by atoms with Crippen LogP contribution in [-0.4, -0.2) is 17.0 Å². The minimum absolute atomic E-state index is 0.0226. The molecule has 0 unspecified atom stereocenters. The molecule has 0 aliphatic rings. The van der Waals surface area contributed by atoms with E-state index < -0.39 is 17.7 Å². The van der Waals surface area contributed by atoms with E-state index in [1.807, 2.05) is 0 Å². The van der Waals surface area contributed by atoms with E-state index in [2.05, 4.69) is 5.32 Å². The number of anilines is 1. The molecule has 2 rings (SSSR count). The third-order valence-electron chi connectivity index (χ3n) is 2.65. The Balaban J connectivity index is 2.26. The number of hydrogen-bond acceptors (Lipinski definition) is 2. The number of benzene rings is 2. The number of carboxylic acids is 1. The van der Waals surface area contributed by atoms with E-state index in [0.717, 1.165) is 6.07 Å². The summed E-state index contributed by atoms with van der Waals surface area (Å²) < 4.78 is 13.3. The van der Waals surface area contributed by atoms with Crippen LogP contribution in [-0.2, 0) is 0 Å². The Bertz CT molecular complexity index is 734. The third kappa shape index (κ3) is 3.32. The van der Waals surface area contributed by atoms with Gasteiger partial charge in [-0.15, -0.1) is 0 Å². The molecule has 4 nitrogen and oxygen atoms in total. The Kier molecular flexibility index (Phi) is 4.45. The summed E-state index contributed by atoms with van der Waals surface area (Å²) in [7, 11) is 0. The predicted octanol–water partition coefficient (Wildman–Crippen LogP) is 4.08. The SMILES string of the molecule is O=C(O)c1ccc(NC(=O)c2cccc(F)c2Cl)cc1Cl. The van der Waals surface area contributed by atoms with E-state index in [4.69, 9.17) is 28.3 Å². The zero-order chi connectivity index (χ0) is 15.6. The standard InChI is InChI=1S/C14H8Cl2FNO3/c15-10-6-7(4-5-8(10)14(20)21)18-13(19)9-2-1-3-11(17)12(9)16/h1-6H,(H,18,19)(H,20,21). The lowest BCUT2D eigenvalue weighted by Gasteiger charge is -2.08. The van der Waals surface area contributed by atoms with Crippen LogP contribution >= 0.6 is 23.2 Å². The largest absolute Gasteiger partial charge is 0.478 e. The highest BCUT2D eigenvalue weighted by atomic mass is 35.5. The molecule has 1 amide bonds. The molecule has 0 aromatic heterocycles. The summed E-state index contributed by atoms with van der Waals surface area (Å²) in [6, 6.07) is 7.78. The van der Waals surface area contributed by atoms with Crippen LogP contribution in [0.4, 0.5) is 10.1 Å². The van der Waals surface area contributed by atoms with Crippen LogP contribution in [0.25, 0.3) is 0 Å². The van der Waals surface area contributed by atoms with Gasteiger partial charge in [0, 0.05) is 5.69 Å². The Morgan fingerprint density at radius 2 is 1.81 bits per heavy atom. The molecule has 0 fully saturated rings. The van der Waals surface area contributed by atoms with E-state index in [1.54, 1.807) is 0 Å². The summed E-state index contributed by atoms with van der Waals surface area (Å²) in [4.78, 5) is 22.8. The fourth-order valence-electron chi connectivity index (χ4n) is 1.64. The van der Waals surface area contributed by atoms with Crippen molar-refractivity contribution in [3.05, 3.63) is 63.4 Å². The van der Waals surface area contributed by atoms with Gasteiger partial charge < -0.3 is 10.4 Å². The molecule has 0 atom stereocenters. The smallest absolute Gasteiger partial charge is 0.337 e. The molecule has 0 spiro atoms. The van der Waals surface area contributed by atoms with Crippen molar-refractivity contribution in [3.8, 4) is 0 Å². The maximum Gasteiger partial charge on any atom is 0.337 e. The fourth-order valence-corrected chi connectivity index (χ4v) is 2.12. The van der Waals surface area contributed by atoms with Gasteiger partial charge in [-0.3, -0.25) is 4.79 Å². The van der Waals surface area contributed by atoms with Gasteiger partial charge in [0.05, 0.1) is 21.2 Å². The highest BCUT2D eigenvalue weighted by molar-refractivity contribution is 6.35. The average Bonchev–Trinajstić information content (AvgIpc) is 2.41. The lowest BCUT2D eigenvalue weighted by molar-refractivity contribution is 0.0697. The van der Waals surface area contributed by atoms with E-state index in [1.165, 1.54) is 30.3 Å². The maximum atomic E-state index is 13.3. The monoisotopic (exact) mass is 327 g/mol.